The Kier molecular flexibility index (Phi) is 8.53. The molecule has 266 valence electrons. The van der Waals surface area contributed by atoms with Gasteiger partial charge >= 0.3 is 0 Å². The van der Waals surface area contributed by atoms with Crippen molar-refractivity contribution in [3.8, 4) is 22.8 Å². The van der Waals surface area contributed by atoms with Crippen LogP contribution in [0.1, 0.15) is 54.1 Å². The number of anilines is 1. The molecule has 0 bridgehead atoms. The molecule has 8 rings (SSSR count). The van der Waals surface area contributed by atoms with E-state index in [0.717, 1.165) is 38.8 Å². The lowest BCUT2D eigenvalue weighted by Crippen LogP contribution is -2.51. The second-order valence-electron chi connectivity index (χ2n) is 13.7. The van der Waals surface area contributed by atoms with Gasteiger partial charge in [0.05, 0.1) is 22.1 Å². The van der Waals surface area contributed by atoms with Crippen LogP contribution in [0.2, 0.25) is 0 Å². The van der Waals surface area contributed by atoms with E-state index in [1.807, 2.05) is 54.6 Å². The summed E-state index contributed by atoms with van der Waals surface area (Å²) in [6.07, 6.45) is 2.49. The maximum atomic E-state index is 14.0. The third-order valence-corrected chi connectivity index (χ3v) is 10.2. The summed E-state index contributed by atoms with van der Waals surface area (Å²) in [6.45, 7) is 2.67. The van der Waals surface area contributed by atoms with Crippen molar-refractivity contribution in [3.63, 3.8) is 0 Å². The van der Waals surface area contributed by atoms with Gasteiger partial charge in [-0.2, -0.15) is 0 Å². The van der Waals surface area contributed by atoms with Gasteiger partial charge in [0.25, 0.3) is 5.91 Å². The fourth-order valence-corrected chi connectivity index (χ4v) is 7.33. The molecule has 3 amide bonds. The summed E-state index contributed by atoms with van der Waals surface area (Å²) in [5, 5.41) is 18.6. The van der Waals surface area contributed by atoms with Gasteiger partial charge in [0.2, 0.25) is 11.8 Å². The number of amides is 3. The molecule has 2 aromatic heterocycles. The smallest absolute Gasteiger partial charge is 0.254 e. The number of hydrogen-bond acceptors (Lipinski definition) is 7. The number of aromatic amines is 2. The summed E-state index contributed by atoms with van der Waals surface area (Å²) in [4.78, 5) is 60.4. The van der Waals surface area contributed by atoms with Crippen LogP contribution in [0.5, 0.6) is 0 Å². The Morgan fingerprint density at radius 2 is 1.25 bits per heavy atom. The van der Waals surface area contributed by atoms with Crippen LogP contribution < -0.4 is 11.1 Å². The monoisotopic (exact) mass is 706 g/mol. The van der Waals surface area contributed by atoms with E-state index in [0.29, 0.717) is 72.9 Å². The number of aromatic nitrogens is 4. The lowest BCUT2D eigenvalue weighted by molar-refractivity contribution is -0.139. The lowest BCUT2D eigenvalue weighted by atomic mass is 10.1. The van der Waals surface area contributed by atoms with Crippen LogP contribution in [0.25, 0.3) is 44.8 Å². The van der Waals surface area contributed by atoms with E-state index in [4.69, 9.17) is 16.6 Å². The highest BCUT2D eigenvalue weighted by molar-refractivity contribution is 6.02. The molecule has 4 heterocycles. The first-order valence-electron chi connectivity index (χ1n) is 17.7. The van der Waals surface area contributed by atoms with Crippen molar-refractivity contribution >= 4 is 57.0 Å². The van der Waals surface area contributed by atoms with Gasteiger partial charge < -0.3 is 36.2 Å². The van der Waals surface area contributed by atoms with Crippen LogP contribution in [-0.4, -0.2) is 84.2 Å². The molecule has 2 fully saturated rings. The van der Waals surface area contributed by atoms with Crippen LogP contribution in [-0.2, 0) is 9.59 Å². The molecule has 53 heavy (non-hydrogen) atoms. The van der Waals surface area contributed by atoms with Crippen LogP contribution in [0, 0.1) is 10.8 Å². The van der Waals surface area contributed by atoms with Crippen LogP contribution >= 0.6 is 0 Å². The number of carbonyl (C=O) groups is 3. The zero-order valence-electron chi connectivity index (χ0n) is 29.1. The van der Waals surface area contributed by atoms with Crippen molar-refractivity contribution in [3.05, 3.63) is 102 Å². The standard InChI is InChI=1S/C40H38N10O3/c1-22(41)26-12-16-29-31(20-26)47-37(45-29)24-10-14-28(15-11-24)44-38(51)33-4-2-18-49(33)40(53)34-5-3-19-50(34)39(52)25-8-6-23(7-9-25)36-46-30-17-13-27(35(42)43)21-32(30)48-36/h6-17,20-21,33-34,41H,2-5,18-19H2,1H3,(H3,42,43)(H,44,51)(H,45,47)(H,46,48)/t33-,34+/m0/s1. The summed E-state index contributed by atoms with van der Waals surface area (Å²) in [5.74, 6) is 0.621. The van der Waals surface area contributed by atoms with E-state index < -0.39 is 12.1 Å². The molecule has 6 aromatic rings. The van der Waals surface area contributed by atoms with E-state index in [-0.39, 0.29) is 23.6 Å². The Morgan fingerprint density at radius 3 is 1.85 bits per heavy atom. The maximum Gasteiger partial charge on any atom is 0.254 e. The van der Waals surface area contributed by atoms with Gasteiger partial charge in [-0.3, -0.25) is 19.8 Å². The molecule has 4 aromatic carbocycles. The van der Waals surface area contributed by atoms with Crippen molar-refractivity contribution in [2.75, 3.05) is 18.4 Å². The number of H-pyrrole nitrogens is 2. The number of fused-ring (bicyclic) bond motifs is 2. The average Bonchev–Trinajstić information content (AvgIpc) is 3.99. The van der Waals surface area contributed by atoms with Gasteiger partial charge in [-0.1, -0.05) is 18.2 Å². The average molecular weight is 707 g/mol. The molecule has 0 unspecified atom stereocenters. The predicted octanol–water partition coefficient (Wildman–Crippen LogP) is 5.68. The van der Waals surface area contributed by atoms with Crippen LogP contribution in [0.15, 0.2) is 84.9 Å². The molecule has 13 nitrogen and oxygen atoms in total. The Morgan fingerprint density at radius 1 is 0.717 bits per heavy atom. The molecule has 0 spiro atoms. The largest absolute Gasteiger partial charge is 0.384 e. The number of nitrogens with two attached hydrogens (primary N) is 1. The van der Waals surface area contributed by atoms with Gasteiger partial charge in [0.15, 0.2) is 0 Å². The summed E-state index contributed by atoms with van der Waals surface area (Å²) < 4.78 is 0. The van der Waals surface area contributed by atoms with Gasteiger partial charge in [-0.15, -0.1) is 0 Å². The Balaban J connectivity index is 0.919. The Labute approximate surface area is 304 Å². The first-order chi connectivity index (χ1) is 25.6. The minimum absolute atomic E-state index is 0.0225. The molecule has 7 N–H and O–H groups in total. The summed E-state index contributed by atoms with van der Waals surface area (Å²) in [6, 6.07) is 24.3. The minimum atomic E-state index is -0.636. The van der Waals surface area contributed by atoms with E-state index in [2.05, 4.69) is 25.3 Å². The van der Waals surface area contributed by atoms with E-state index in [9.17, 15) is 14.4 Å². The first-order valence-corrected chi connectivity index (χ1v) is 17.7. The molecule has 2 atom stereocenters. The number of nitrogen functional groups attached to an aromatic ring is 1. The molecule has 0 radical (unpaired) electrons. The first kappa shape index (κ1) is 33.5. The lowest BCUT2D eigenvalue weighted by Gasteiger charge is -2.31. The molecule has 2 saturated heterocycles. The quantitative estimate of drug-likeness (QED) is 0.0868. The highest BCUT2D eigenvalue weighted by atomic mass is 16.2. The van der Waals surface area contributed by atoms with Gasteiger partial charge in [-0.05, 0) is 105 Å². The molecule has 2 aliphatic heterocycles. The number of nitrogens with one attached hydrogen (secondary N) is 5. The predicted molar refractivity (Wildman–Crippen MR) is 204 cm³/mol. The molecular formula is C40H38N10O3. The van der Waals surface area contributed by atoms with Crippen LogP contribution in [0.3, 0.4) is 0 Å². The molecule has 0 aliphatic carbocycles. The van der Waals surface area contributed by atoms with Gasteiger partial charge in [-0.25, -0.2) is 9.97 Å². The van der Waals surface area contributed by atoms with E-state index in [1.165, 1.54) is 0 Å². The van der Waals surface area contributed by atoms with E-state index >= 15 is 0 Å². The third kappa shape index (κ3) is 6.41. The summed E-state index contributed by atoms with van der Waals surface area (Å²) >= 11 is 0. The van der Waals surface area contributed by atoms with E-state index in [1.54, 1.807) is 47.1 Å². The van der Waals surface area contributed by atoms with Crippen molar-refractivity contribution in [2.45, 2.75) is 44.7 Å². The summed E-state index contributed by atoms with van der Waals surface area (Å²) in [5.41, 5.74) is 13.4. The topological polar surface area (TPSA) is 201 Å². The normalized spacial score (nSPS) is 17.1. The third-order valence-electron chi connectivity index (χ3n) is 10.2. The molecule has 2 aliphatic rings. The number of benzene rings is 4. The number of rotatable bonds is 8. The fourth-order valence-electron chi connectivity index (χ4n) is 7.33. The second kappa shape index (κ2) is 13.5. The number of amidine groups is 1. The van der Waals surface area contributed by atoms with Crippen molar-refractivity contribution < 1.29 is 14.4 Å². The number of imidazole rings is 2. The van der Waals surface area contributed by atoms with Crippen LogP contribution in [0.4, 0.5) is 5.69 Å². The second-order valence-corrected chi connectivity index (χ2v) is 13.7. The molecular weight excluding hydrogens is 669 g/mol. The van der Waals surface area contributed by atoms with Crippen molar-refractivity contribution in [2.24, 2.45) is 5.73 Å². The van der Waals surface area contributed by atoms with Crippen molar-refractivity contribution in [1.29, 1.82) is 10.8 Å². The van der Waals surface area contributed by atoms with Crippen molar-refractivity contribution in [1.82, 2.24) is 29.7 Å². The zero-order chi connectivity index (χ0) is 36.8. The fraction of sp³-hybridized carbons (Fsp3) is 0.225. The number of nitrogens with zero attached hydrogens (tertiary/aromatic N) is 4. The summed E-state index contributed by atoms with van der Waals surface area (Å²) in [7, 11) is 0. The molecule has 0 saturated carbocycles. The Bertz CT molecular complexity index is 2430. The van der Waals surface area contributed by atoms with Gasteiger partial charge in [0.1, 0.15) is 29.6 Å². The van der Waals surface area contributed by atoms with Gasteiger partial charge in [0, 0.05) is 46.7 Å². The highest BCUT2D eigenvalue weighted by Gasteiger charge is 2.42. The SMILES string of the molecule is CC(=N)c1ccc2nc(-c3ccc(NC(=O)[C@@H]4CCCN4C(=O)[C@H]4CCCN4C(=O)c4ccc(-c5nc6ccc(C(=N)N)cc6[nH]5)cc4)cc3)[nH]c2c1. The Hall–Kier alpha value is -6.63. The minimum Gasteiger partial charge on any atom is -0.384 e. The zero-order valence-corrected chi connectivity index (χ0v) is 29.1. The number of carbonyl (C=O) groups excluding carboxylic acids is 3. The maximum absolute atomic E-state index is 14.0. The number of likely N-dealkylation sites (tertiary alicyclic amines) is 2. The highest BCUT2D eigenvalue weighted by Crippen LogP contribution is 2.29. The number of hydrogen-bond donors (Lipinski definition) is 6. The molecule has 13 heteroatoms.